The molecule has 0 unspecified atom stereocenters. The van der Waals surface area contributed by atoms with Gasteiger partial charge in [0.05, 0.1) is 11.1 Å². The molecule has 0 saturated carbocycles. The van der Waals surface area contributed by atoms with Gasteiger partial charge in [-0.25, -0.2) is 9.78 Å². The highest BCUT2D eigenvalue weighted by molar-refractivity contribution is 6.21. The highest BCUT2D eigenvalue weighted by Gasteiger charge is 2.35. The van der Waals surface area contributed by atoms with Gasteiger partial charge in [0, 0.05) is 25.7 Å². The van der Waals surface area contributed by atoms with Crippen LogP contribution in [-0.4, -0.2) is 68.0 Å². The smallest absolute Gasteiger partial charge is 0.422 e. The number of hydrogen-bond acceptors (Lipinski definition) is 8. The van der Waals surface area contributed by atoms with Crippen molar-refractivity contribution in [3.63, 3.8) is 0 Å². The molecule has 32 heavy (non-hydrogen) atoms. The third-order valence-corrected chi connectivity index (χ3v) is 4.85. The van der Waals surface area contributed by atoms with Crippen molar-refractivity contribution in [3.05, 3.63) is 59.8 Å². The minimum atomic E-state index is -0.599. The molecule has 3 heterocycles. The number of imide groups is 1. The number of carbonyl (C=O) groups is 3. The number of nitrogens with one attached hydrogen (secondary N) is 1. The van der Waals surface area contributed by atoms with Crippen LogP contribution in [0.15, 0.2) is 42.9 Å². The van der Waals surface area contributed by atoms with Crippen LogP contribution in [0.3, 0.4) is 0 Å². The van der Waals surface area contributed by atoms with Crippen LogP contribution in [0.25, 0.3) is 0 Å². The third kappa shape index (κ3) is 4.47. The Morgan fingerprint density at radius 3 is 2.50 bits per heavy atom. The normalized spacial score (nSPS) is 16.5. The van der Waals surface area contributed by atoms with Crippen LogP contribution in [0.2, 0.25) is 0 Å². The van der Waals surface area contributed by atoms with Gasteiger partial charge in [-0.1, -0.05) is 18.2 Å². The van der Waals surface area contributed by atoms with Crippen molar-refractivity contribution in [3.8, 4) is 0 Å². The lowest BCUT2D eigenvalue weighted by Crippen LogP contribution is -2.53. The van der Waals surface area contributed by atoms with Crippen LogP contribution in [0.1, 0.15) is 47.3 Å². The number of hydrazine groups is 1. The Hall–Kier alpha value is -3.73. The maximum absolute atomic E-state index is 12.6. The summed E-state index contributed by atoms with van der Waals surface area (Å²) in [6, 6.07) is 6.79. The summed E-state index contributed by atoms with van der Waals surface area (Å²) in [6.45, 7) is 6.37. The largest absolute Gasteiger partial charge is 0.443 e. The number of aromatic nitrogens is 3. The quantitative estimate of drug-likeness (QED) is 0.694. The standard InChI is InChI=1S/C21H25N7O4/c1-21(2,3)32-20(31)24-25-10-6-11-26(14-25)28-17(22-13-23-28)9-12-27-18(29)15-7-4-5-8-16(15)19(27)30/h4-8,11,13H,9-10,12,14H2,1-3H3,(H,24,31). The van der Waals surface area contributed by atoms with E-state index in [9.17, 15) is 14.4 Å². The molecule has 0 atom stereocenters. The molecular weight excluding hydrogens is 414 g/mol. The number of rotatable bonds is 5. The Bertz CT molecular complexity index is 1040. The molecule has 2 aromatic rings. The van der Waals surface area contributed by atoms with Gasteiger partial charge in [-0.3, -0.25) is 24.9 Å². The van der Waals surface area contributed by atoms with Crippen LogP contribution in [0, 0.1) is 0 Å². The summed E-state index contributed by atoms with van der Waals surface area (Å²) in [5.41, 5.74) is 2.94. The molecule has 11 nitrogen and oxygen atoms in total. The van der Waals surface area contributed by atoms with Crippen LogP contribution in [0.5, 0.6) is 0 Å². The average Bonchev–Trinajstić information content (AvgIpc) is 3.29. The molecule has 0 spiro atoms. The van der Waals surface area contributed by atoms with E-state index in [0.717, 1.165) is 0 Å². The van der Waals surface area contributed by atoms with Crippen LogP contribution >= 0.6 is 0 Å². The molecule has 1 aromatic heterocycles. The van der Waals surface area contributed by atoms with Crippen molar-refractivity contribution < 1.29 is 19.1 Å². The van der Waals surface area contributed by atoms with Gasteiger partial charge in [-0.2, -0.15) is 9.80 Å². The molecule has 11 heteroatoms. The van der Waals surface area contributed by atoms with E-state index in [0.29, 0.717) is 36.6 Å². The Kier molecular flexibility index (Phi) is 5.66. The van der Waals surface area contributed by atoms with Crippen LogP contribution in [-0.2, 0) is 11.2 Å². The molecule has 3 amide bonds. The molecule has 2 aliphatic heterocycles. The van der Waals surface area contributed by atoms with Gasteiger partial charge in [-0.15, -0.1) is 5.10 Å². The lowest BCUT2D eigenvalue weighted by atomic mass is 10.1. The van der Waals surface area contributed by atoms with Gasteiger partial charge in [-0.05, 0) is 32.9 Å². The van der Waals surface area contributed by atoms with Gasteiger partial charge >= 0.3 is 6.09 Å². The Morgan fingerprint density at radius 2 is 1.84 bits per heavy atom. The van der Waals surface area contributed by atoms with E-state index in [4.69, 9.17) is 4.74 Å². The third-order valence-electron chi connectivity index (χ3n) is 4.85. The first-order chi connectivity index (χ1) is 15.2. The fourth-order valence-electron chi connectivity index (χ4n) is 3.50. The maximum Gasteiger partial charge on any atom is 0.422 e. The zero-order valence-electron chi connectivity index (χ0n) is 18.2. The van der Waals surface area contributed by atoms with E-state index in [1.807, 2.05) is 12.3 Å². The van der Waals surface area contributed by atoms with E-state index in [2.05, 4.69) is 15.5 Å². The first kappa shape index (κ1) is 21.5. The molecule has 1 N–H and O–H groups in total. The Labute approximate surface area is 185 Å². The number of benzene rings is 1. The predicted molar refractivity (Wildman–Crippen MR) is 114 cm³/mol. The molecule has 0 saturated heterocycles. The number of fused-ring (bicyclic) bond motifs is 1. The van der Waals surface area contributed by atoms with E-state index >= 15 is 0 Å². The highest BCUT2D eigenvalue weighted by Crippen LogP contribution is 2.22. The van der Waals surface area contributed by atoms with Crippen LogP contribution < -0.4 is 10.4 Å². The fourth-order valence-corrected chi connectivity index (χ4v) is 3.50. The summed E-state index contributed by atoms with van der Waals surface area (Å²) in [5, 5.41) is 7.68. The minimum absolute atomic E-state index is 0.183. The number of ether oxygens (including phenoxy) is 1. The second-order valence-corrected chi connectivity index (χ2v) is 8.43. The maximum atomic E-state index is 12.6. The van der Waals surface area contributed by atoms with Crippen molar-refractivity contribution in [1.29, 1.82) is 0 Å². The molecule has 168 valence electrons. The second-order valence-electron chi connectivity index (χ2n) is 8.43. The van der Waals surface area contributed by atoms with Crippen molar-refractivity contribution in [2.24, 2.45) is 0 Å². The van der Waals surface area contributed by atoms with Crippen LogP contribution in [0.4, 0.5) is 4.79 Å². The number of amides is 3. The van der Waals surface area contributed by atoms with Gasteiger partial charge in [0.25, 0.3) is 11.8 Å². The molecule has 2 aliphatic rings. The molecule has 4 rings (SSSR count). The van der Waals surface area contributed by atoms with Gasteiger partial charge in [0.2, 0.25) is 0 Å². The van der Waals surface area contributed by atoms with E-state index in [1.165, 1.54) is 11.2 Å². The molecular formula is C21H25N7O4. The summed E-state index contributed by atoms with van der Waals surface area (Å²) in [4.78, 5) is 44.3. The SMILES string of the molecule is CC(C)(C)OC(=O)NN1CC=CN(n2ncnc2CCN2C(=O)c3ccccc3C2=O)C1. The lowest BCUT2D eigenvalue weighted by molar-refractivity contribution is 0.0335. The molecule has 0 aliphatic carbocycles. The van der Waals surface area contributed by atoms with Crippen molar-refractivity contribution in [2.45, 2.75) is 32.8 Å². The molecule has 0 radical (unpaired) electrons. The average molecular weight is 439 g/mol. The molecule has 0 bridgehead atoms. The Morgan fingerprint density at radius 1 is 1.16 bits per heavy atom. The molecule has 0 fully saturated rings. The monoisotopic (exact) mass is 439 g/mol. The van der Waals surface area contributed by atoms with Gasteiger partial charge in [0.15, 0.2) is 5.82 Å². The number of nitrogens with zero attached hydrogens (tertiary/aromatic N) is 6. The van der Waals surface area contributed by atoms with Gasteiger partial charge in [0.1, 0.15) is 18.6 Å². The van der Waals surface area contributed by atoms with E-state index in [-0.39, 0.29) is 18.4 Å². The van der Waals surface area contributed by atoms with Crippen molar-refractivity contribution in [1.82, 2.24) is 30.2 Å². The fraction of sp³-hybridized carbons (Fsp3) is 0.381. The summed E-state index contributed by atoms with van der Waals surface area (Å²) >= 11 is 0. The van der Waals surface area contributed by atoms with Crippen molar-refractivity contribution in [2.75, 3.05) is 24.8 Å². The summed E-state index contributed by atoms with van der Waals surface area (Å²) in [5.74, 6) is -0.0325. The summed E-state index contributed by atoms with van der Waals surface area (Å²) in [6.07, 6.45) is 4.88. The van der Waals surface area contributed by atoms with Crippen molar-refractivity contribution >= 4 is 17.9 Å². The number of hydrogen-bond donors (Lipinski definition) is 1. The first-order valence-corrected chi connectivity index (χ1v) is 10.3. The van der Waals surface area contributed by atoms with E-state index in [1.54, 1.807) is 59.8 Å². The molecule has 1 aromatic carbocycles. The Balaban J connectivity index is 1.39. The minimum Gasteiger partial charge on any atom is -0.443 e. The zero-order chi connectivity index (χ0) is 22.9. The summed E-state index contributed by atoms with van der Waals surface area (Å²) < 4.78 is 5.29. The van der Waals surface area contributed by atoms with E-state index < -0.39 is 11.7 Å². The lowest BCUT2D eigenvalue weighted by Gasteiger charge is -2.33. The highest BCUT2D eigenvalue weighted by atomic mass is 16.6. The van der Waals surface area contributed by atoms with Gasteiger partial charge < -0.3 is 4.74 Å². The first-order valence-electron chi connectivity index (χ1n) is 10.3. The number of carbonyl (C=O) groups excluding carboxylic acids is 3. The second kappa shape index (κ2) is 8.42. The topological polar surface area (TPSA) is 113 Å². The zero-order valence-corrected chi connectivity index (χ0v) is 18.2. The summed E-state index contributed by atoms with van der Waals surface area (Å²) in [7, 11) is 0. The predicted octanol–water partition coefficient (Wildman–Crippen LogP) is 1.28.